The van der Waals surface area contributed by atoms with Crippen LogP contribution in [-0.4, -0.2) is 30.2 Å². The van der Waals surface area contributed by atoms with Gasteiger partial charge in [-0.05, 0) is 37.1 Å². The summed E-state index contributed by atoms with van der Waals surface area (Å²) < 4.78 is 5.08. The number of unbranched alkanes of at least 4 members (excludes halogenated alkanes) is 3. The number of aliphatic imine (C=N–C) groups is 2. The normalized spacial score (nSPS) is 14.3. The molecule has 1 aromatic rings. The molecule has 1 heterocycles. The molecule has 6 heteroatoms. The van der Waals surface area contributed by atoms with Crippen molar-refractivity contribution in [2.24, 2.45) is 27.4 Å². The van der Waals surface area contributed by atoms with Gasteiger partial charge in [0, 0.05) is 17.3 Å². The van der Waals surface area contributed by atoms with E-state index >= 15 is 0 Å². The summed E-state index contributed by atoms with van der Waals surface area (Å²) in [4.78, 5) is 8.71. The molecule has 1 atom stereocenters. The fraction of sp³-hybridized carbons (Fsp3) is 0.556. The lowest BCUT2D eigenvalue weighted by molar-refractivity contribution is 0.407. The molecule has 0 amide bonds. The molecule has 5 N–H and O–H groups in total. The van der Waals surface area contributed by atoms with E-state index in [0.717, 1.165) is 5.92 Å². The molecule has 1 aliphatic rings. The standard InChI is InChI=1S/C15H18N4O2.C10H22.C2H6/c1-9(16)7-12-15(18-6-5-14(17)19-12)11-4-3-10(21-2)8-13(11)20;1-4-6-7-8-9-10(3)5-2;1-2/h3-5,7-8,20H,6,16-17H2,1-2H3;10H,4-9H2,1-3H3;1-2H3/b9-7-;;. The SMILES string of the molecule is CC.CCCCCCC(C)CC.COc1ccc(C2=NCC=C(N)N=C2/C=C(/C)N)c(O)c1. The minimum absolute atomic E-state index is 0.0596. The van der Waals surface area contributed by atoms with Gasteiger partial charge in [-0.15, -0.1) is 0 Å². The molecular formula is C27H46N4O2. The summed E-state index contributed by atoms with van der Waals surface area (Å²) in [5, 5.41) is 10.2. The Bertz CT molecular complexity index is 806. The van der Waals surface area contributed by atoms with Crippen LogP contribution in [-0.2, 0) is 0 Å². The van der Waals surface area contributed by atoms with Gasteiger partial charge >= 0.3 is 0 Å². The summed E-state index contributed by atoms with van der Waals surface area (Å²) in [6.07, 6.45) is 11.9. The second kappa shape index (κ2) is 17.8. The van der Waals surface area contributed by atoms with Gasteiger partial charge in [0.25, 0.3) is 0 Å². The number of phenols is 1. The number of hydrogen-bond donors (Lipinski definition) is 3. The molecule has 0 saturated heterocycles. The molecule has 1 unspecified atom stereocenters. The van der Waals surface area contributed by atoms with Gasteiger partial charge in [-0.2, -0.15) is 0 Å². The van der Waals surface area contributed by atoms with Crippen LogP contribution in [0.4, 0.5) is 0 Å². The van der Waals surface area contributed by atoms with Crippen LogP contribution in [0.25, 0.3) is 0 Å². The zero-order chi connectivity index (χ0) is 25.2. The van der Waals surface area contributed by atoms with E-state index in [0.29, 0.717) is 40.8 Å². The Morgan fingerprint density at radius 1 is 1.21 bits per heavy atom. The quantitative estimate of drug-likeness (QED) is 0.375. The number of benzene rings is 1. The average Bonchev–Trinajstić information content (AvgIpc) is 2.98. The third kappa shape index (κ3) is 12.2. The largest absolute Gasteiger partial charge is 0.507 e. The van der Waals surface area contributed by atoms with Crippen LogP contribution in [0.3, 0.4) is 0 Å². The molecule has 2 rings (SSSR count). The van der Waals surface area contributed by atoms with Gasteiger partial charge in [-0.1, -0.05) is 73.1 Å². The predicted molar refractivity (Wildman–Crippen MR) is 143 cm³/mol. The van der Waals surface area contributed by atoms with E-state index in [1.165, 1.54) is 51.7 Å². The summed E-state index contributed by atoms with van der Waals surface area (Å²) in [6, 6.07) is 5.00. The number of aromatic hydroxyl groups is 1. The van der Waals surface area contributed by atoms with E-state index in [-0.39, 0.29) is 5.75 Å². The molecule has 0 bridgehead atoms. The molecule has 6 nitrogen and oxygen atoms in total. The first-order chi connectivity index (χ1) is 15.8. The van der Waals surface area contributed by atoms with Crippen LogP contribution < -0.4 is 16.2 Å². The second-order valence-electron chi connectivity index (χ2n) is 7.95. The summed E-state index contributed by atoms with van der Waals surface area (Å²) in [5.41, 5.74) is 13.7. The molecule has 1 aromatic carbocycles. The van der Waals surface area contributed by atoms with E-state index in [1.807, 2.05) is 13.8 Å². The van der Waals surface area contributed by atoms with E-state index in [1.54, 1.807) is 31.2 Å². The Balaban J connectivity index is 0.000000722. The van der Waals surface area contributed by atoms with Crippen molar-refractivity contribution in [3.63, 3.8) is 0 Å². The molecule has 0 saturated carbocycles. The van der Waals surface area contributed by atoms with Gasteiger partial charge in [-0.3, -0.25) is 4.99 Å². The number of nitrogens with two attached hydrogens (primary N) is 2. The monoisotopic (exact) mass is 458 g/mol. The molecule has 33 heavy (non-hydrogen) atoms. The van der Waals surface area contributed by atoms with Gasteiger partial charge in [-0.25, -0.2) is 4.99 Å². The third-order valence-corrected chi connectivity index (χ3v) is 5.11. The fourth-order valence-corrected chi connectivity index (χ4v) is 3.05. The van der Waals surface area contributed by atoms with Crippen LogP contribution in [0.5, 0.6) is 11.5 Å². The summed E-state index contributed by atoms with van der Waals surface area (Å²) >= 11 is 0. The molecule has 0 aliphatic carbocycles. The second-order valence-corrected chi connectivity index (χ2v) is 7.95. The van der Waals surface area contributed by atoms with Crippen molar-refractivity contribution in [2.75, 3.05) is 13.7 Å². The lowest BCUT2D eigenvalue weighted by Crippen LogP contribution is -2.16. The Morgan fingerprint density at radius 3 is 2.45 bits per heavy atom. The van der Waals surface area contributed by atoms with Crippen molar-refractivity contribution in [3.8, 4) is 11.5 Å². The smallest absolute Gasteiger partial charge is 0.128 e. The highest BCUT2D eigenvalue weighted by Gasteiger charge is 2.16. The number of methoxy groups -OCH3 is 1. The highest BCUT2D eigenvalue weighted by Crippen LogP contribution is 2.25. The summed E-state index contributed by atoms with van der Waals surface area (Å²) in [7, 11) is 1.54. The molecule has 1 aliphatic heterocycles. The highest BCUT2D eigenvalue weighted by molar-refractivity contribution is 6.52. The first-order valence-electron chi connectivity index (χ1n) is 12.2. The minimum Gasteiger partial charge on any atom is -0.507 e. The van der Waals surface area contributed by atoms with Crippen molar-refractivity contribution in [1.29, 1.82) is 0 Å². The Morgan fingerprint density at radius 2 is 1.91 bits per heavy atom. The van der Waals surface area contributed by atoms with E-state index in [9.17, 15) is 5.11 Å². The number of ether oxygens (including phenoxy) is 1. The Hall–Kier alpha value is -2.76. The molecule has 0 fully saturated rings. The number of rotatable bonds is 9. The molecule has 0 radical (unpaired) electrons. The van der Waals surface area contributed by atoms with E-state index in [2.05, 4.69) is 30.8 Å². The topological polar surface area (TPSA) is 106 Å². The number of nitrogens with zero attached hydrogens (tertiary/aromatic N) is 2. The maximum absolute atomic E-state index is 10.2. The lowest BCUT2D eigenvalue weighted by atomic mass is 10.0. The Kier molecular flexibility index (Phi) is 16.3. The first kappa shape index (κ1) is 30.2. The minimum atomic E-state index is 0.0596. The Labute approximate surface area is 201 Å². The molecule has 0 aromatic heterocycles. The zero-order valence-electron chi connectivity index (χ0n) is 21.8. The van der Waals surface area contributed by atoms with Gasteiger partial charge < -0.3 is 21.3 Å². The van der Waals surface area contributed by atoms with Crippen molar-refractivity contribution in [3.05, 3.63) is 47.4 Å². The van der Waals surface area contributed by atoms with E-state index in [4.69, 9.17) is 16.2 Å². The van der Waals surface area contributed by atoms with Gasteiger partial charge in [0.05, 0.1) is 25.1 Å². The fourth-order valence-electron chi connectivity index (χ4n) is 3.05. The average molecular weight is 459 g/mol. The maximum atomic E-state index is 10.2. The summed E-state index contributed by atoms with van der Waals surface area (Å²) in [6.45, 7) is 13.0. The molecule has 0 spiro atoms. The van der Waals surface area contributed by atoms with Crippen LogP contribution in [0.2, 0.25) is 0 Å². The van der Waals surface area contributed by atoms with Crippen molar-refractivity contribution in [1.82, 2.24) is 0 Å². The number of hydrogen-bond acceptors (Lipinski definition) is 6. The van der Waals surface area contributed by atoms with Crippen LogP contribution in [0, 0.1) is 5.92 Å². The molecular weight excluding hydrogens is 412 g/mol. The van der Waals surface area contributed by atoms with Gasteiger partial charge in [0.1, 0.15) is 17.3 Å². The number of allylic oxidation sites excluding steroid dienone is 2. The summed E-state index contributed by atoms with van der Waals surface area (Å²) in [5.74, 6) is 1.95. The lowest BCUT2D eigenvalue weighted by Gasteiger charge is -2.10. The van der Waals surface area contributed by atoms with Gasteiger partial charge in [0.2, 0.25) is 0 Å². The maximum Gasteiger partial charge on any atom is 0.128 e. The van der Waals surface area contributed by atoms with Crippen LogP contribution >= 0.6 is 0 Å². The number of phenolic OH excluding ortho intramolecular Hbond substituents is 1. The van der Waals surface area contributed by atoms with Crippen molar-refractivity contribution < 1.29 is 9.84 Å². The predicted octanol–water partition coefficient (Wildman–Crippen LogP) is 6.34. The highest BCUT2D eigenvalue weighted by atomic mass is 16.5. The molecule has 186 valence electrons. The van der Waals surface area contributed by atoms with Crippen molar-refractivity contribution in [2.45, 2.75) is 80.1 Å². The van der Waals surface area contributed by atoms with Crippen LogP contribution in [0.15, 0.2) is 51.9 Å². The van der Waals surface area contributed by atoms with Crippen LogP contribution in [0.1, 0.15) is 85.6 Å². The third-order valence-electron chi connectivity index (χ3n) is 5.11. The first-order valence-corrected chi connectivity index (χ1v) is 12.2. The van der Waals surface area contributed by atoms with Crippen molar-refractivity contribution >= 4 is 11.4 Å². The zero-order valence-corrected chi connectivity index (χ0v) is 21.8. The van der Waals surface area contributed by atoms with Gasteiger partial charge in [0.15, 0.2) is 0 Å². The van der Waals surface area contributed by atoms with E-state index < -0.39 is 0 Å².